The maximum absolute atomic E-state index is 12.8. The van der Waals surface area contributed by atoms with Gasteiger partial charge in [0.2, 0.25) is 10.0 Å². The third-order valence-electron chi connectivity index (χ3n) is 4.05. The van der Waals surface area contributed by atoms with E-state index in [9.17, 15) is 13.2 Å². The lowest BCUT2D eigenvalue weighted by Gasteiger charge is -2.32. The van der Waals surface area contributed by atoms with Crippen LogP contribution in [0.3, 0.4) is 0 Å². The Balaban J connectivity index is 2.21. The van der Waals surface area contributed by atoms with E-state index in [1.54, 1.807) is 23.1 Å². The zero-order valence-corrected chi connectivity index (χ0v) is 15.2. The number of rotatable bonds is 5. The van der Waals surface area contributed by atoms with Gasteiger partial charge in [-0.1, -0.05) is 6.07 Å². The second-order valence-electron chi connectivity index (χ2n) is 5.67. The fourth-order valence-corrected chi connectivity index (χ4v) is 4.30. The Kier molecular flexibility index (Phi) is 6.20. The maximum atomic E-state index is 12.8. The molecule has 0 radical (unpaired) electrons. The Morgan fingerprint density at radius 1 is 1.38 bits per heavy atom. The summed E-state index contributed by atoms with van der Waals surface area (Å²) < 4.78 is 32.4. The monoisotopic (exact) mass is 355 g/mol. The number of carbonyl (C=O) groups excluding carboxylic acids is 1. The molecular weight excluding hydrogens is 330 g/mol. The number of hydrogen-bond donors (Lipinski definition) is 1. The number of amides is 2. The molecule has 7 nitrogen and oxygen atoms in total. The van der Waals surface area contributed by atoms with Crippen LogP contribution in [-0.2, 0) is 14.8 Å². The van der Waals surface area contributed by atoms with Crippen molar-refractivity contribution in [3.63, 3.8) is 0 Å². The van der Waals surface area contributed by atoms with Crippen molar-refractivity contribution < 1.29 is 17.9 Å². The lowest BCUT2D eigenvalue weighted by atomic mass is 10.3. The highest BCUT2D eigenvalue weighted by Crippen LogP contribution is 2.23. The van der Waals surface area contributed by atoms with Gasteiger partial charge in [-0.05, 0) is 39.0 Å². The molecule has 1 atom stereocenters. The predicted octanol–water partition coefficient (Wildman–Crippen LogP) is 1.97. The standard InChI is InChI=1S/C16H25N3O4S/c1-4-18(5-2)16(20)17-14-7-6-8-15(11-14)24(21,22)19-9-10-23-12-13(19)3/h6-8,11,13H,4-5,9-10,12H2,1-3H3,(H,17,20). The van der Waals surface area contributed by atoms with Crippen LogP contribution >= 0.6 is 0 Å². The molecule has 1 aliphatic rings. The van der Waals surface area contributed by atoms with Crippen molar-refractivity contribution in [2.24, 2.45) is 0 Å². The molecule has 1 unspecified atom stereocenters. The van der Waals surface area contributed by atoms with Gasteiger partial charge < -0.3 is 15.0 Å². The highest BCUT2D eigenvalue weighted by molar-refractivity contribution is 7.89. The highest BCUT2D eigenvalue weighted by atomic mass is 32.2. The van der Waals surface area contributed by atoms with E-state index in [-0.39, 0.29) is 17.0 Å². The fourth-order valence-electron chi connectivity index (χ4n) is 2.65. The summed E-state index contributed by atoms with van der Waals surface area (Å²) in [6.45, 7) is 7.90. The summed E-state index contributed by atoms with van der Waals surface area (Å²) >= 11 is 0. The van der Waals surface area contributed by atoms with Crippen LogP contribution in [0.15, 0.2) is 29.2 Å². The maximum Gasteiger partial charge on any atom is 0.321 e. The molecule has 0 saturated carbocycles. The molecule has 0 bridgehead atoms. The number of sulfonamides is 1. The van der Waals surface area contributed by atoms with Gasteiger partial charge in [0.1, 0.15) is 0 Å². The zero-order valence-electron chi connectivity index (χ0n) is 14.4. The first-order valence-corrected chi connectivity index (χ1v) is 9.59. The van der Waals surface area contributed by atoms with Crippen molar-refractivity contribution in [1.29, 1.82) is 0 Å². The molecule has 8 heteroatoms. The van der Waals surface area contributed by atoms with Gasteiger partial charge in [-0.2, -0.15) is 4.31 Å². The van der Waals surface area contributed by atoms with Gasteiger partial charge in [0, 0.05) is 31.4 Å². The Morgan fingerprint density at radius 3 is 2.71 bits per heavy atom. The van der Waals surface area contributed by atoms with E-state index in [0.29, 0.717) is 38.5 Å². The van der Waals surface area contributed by atoms with Gasteiger partial charge in [-0.25, -0.2) is 13.2 Å². The van der Waals surface area contributed by atoms with Crippen molar-refractivity contribution in [2.45, 2.75) is 31.7 Å². The number of urea groups is 1. The van der Waals surface area contributed by atoms with E-state index in [4.69, 9.17) is 4.74 Å². The minimum absolute atomic E-state index is 0.175. The Hall–Kier alpha value is -1.64. The molecule has 2 rings (SSSR count). The second-order valence-corrected chi connectivity index (χ2v) is 7.56. The molecule has 1 N–H and O–H groups in total. The van der Waals surface area contributed by atoms with E-state index in [1.165, 1.54) is 10.4 Å². The summed E-state index contributed by atoms with van der Waals surface area (Å²) in [6, 6.07) is 5.91. The molecule has 2 amide bonds. The first kappa shape index (κ1) is 18.7. The van der Waals surface area contributed by atoms with E-state index in [0.717, 1.165) is 0 Å². The molecule has 24 heavy (non-hydrogen) atoms. The van der Waals surface area contributed by atoms with Crippen LogP contribution in [0.2, 0.25) is 0 Å². The molecule has 1 aliphatic heterocycles. The molecule has 1 heterocycles. The smallest absolute Gasteiger partial charge is 0.321 e. The van der Waals surface area contributed by atoms with E-state index < -0.39 is 10.0 Å². The minimum Gasteiger partial charge on any atom is -0.378 e. The van der Waals surface area contributed by atoms with Crippen molar-refractivity contribution >= 4 is 21.7 Å². The van der Waals surface area contributed by atoms with Crippen LogP contribution in [0, 0.1) is 0 Å². The van der Waals surface area contributed by atoms with E-state index in [2.05, 4.69) is 5.32 Å². The van der Waals surface area contributed by atoms with Crippen molar-refractivity contribution in [1.82, 2.24) is 9.21 Å². The molecule has 0 aromatic heterocycles. The number of morpholine rings is 1. The van der Waals surface area contributed by atoms with Crippen LogP contribution in [0.25, 0.3) is 0 Å². The normalized spacial score (nSPS) is 19.0. The van der Waals surface area contributed by atoms with Gasteiger partial charge >= 0.3 is 6.03 Å². The first-order valence-electron chi connectivity index (χ1n) is 8.15. The third-order valence-corrected chi connectivity index (χ3v) is 6.06. The number of nitrogens with zero attached hydrogens (tertiary/aromatic N) is 2. The van der Waals surface area contributed by atoms with E-state index >= 15 is 0 Å². The minimum atomic E-state index is -3.61. The number of carbonyl (C=O) groups is 1. The summed E-state index contributed by atoms with van der Waals surface area (Å²) in [6.07, 6.45) is 0. The fraction of sp³-hybridized carbons (Fsp3) is 0.562. The lowest BCUT2D eigenvalue weighted by molar-refractivity contribution is 0.0393. The second kappa shape index (κ2) is 7.96. The van der Waals surface area contributed by atoms with Crippen LogP contribution in [0.5, 0.6) is 0 Å². The molecule has 0 aliphatic carbocycles. The lowest BCUT2D eigenvalue weighted by Crippen LogP contribution is -2.46. The van der Waals surface area contributed by atoms with Crippen LogP contribution in [0.4, 0.5) is 10.5 Å². The topological polar surface area (TPSA) is 79.0 Å². The molecule has 0 spiro atoms. The molecule has 1 saturated heterocycles. The van der Waals surface area contributed by atoms with Crippen LogP contribution in [0.1, 0.15) is 20.8 Å². The Labute approximate surface area is 143 Å². The average Bonchev–Trinajstić information content (AvgIpc) is 2.56. The summed E-state index contributed by atoms with van der Waals surface area (Å²) in [5, 5.41) is 2.75. The molecule has 1 fully saturated rings. The van der Waals surface area contributed by atoms with Gasteiger partial charge in [0.15, 0.2) is 0 Å². The van der Waals surface area contributed by atoms with Crippen molar-refractivity contribution in [3.8, 4) is 0 Å². The Bertz CT molecular complexity index is 674. The van der Waals surface area contributed by atoms with Gasteiger partial charge in [-0.3, -0.25) is 0 Å². The molecule has 1 aromatic carbocycles. The van der Waals surface area contributed by atoms with E-state index in [1.807, 2.05) is 20.8 Å². The largest absolute Gasteiger partial charge is 0.378 e. The van der Waals surface area contributed by atoms with Crippen LogP contribution < -0.4 is 5.32 Å². The zero-order chi connectivity index (χ0) is 17.7. The number of nitrogens with one attached hydrogen (secondary N) is 1. The summed E-state index contributed by atoms with van der Waals surface area (Å²) in [4.78, 5) is 13.9. The number of anilines is 1. The quantitative estimate of drug-likeness (QED) is 0.876. The predicted molar refractivity (Wildman–Crippen MR) is 92.6 cm³/mol. The molecule has 1 aromatic rings. The Morgan fingerprint density at radius 2 is 2.08 bits per heavy atom. The average molecular weight is 355 g/mol. The SMILES string of the molecule is CCN(CC)C(=O)Nc1cccc(S(=O)(=O)N2CCOCC2C)c1. The van der Waals surface area contributed by atoms with Crippen LogP contribution in [-0.4, -0.2) is 62.5 Å². The molecule has 134 valence electrons. The molecular formula is C16H25N3O4S. The van der Waals surface area contributed by atoms with Crippen molar-refractivity contribution in [3.05, 3.63) is 24.3 Å². The summed E-state index contributed by atoms with van der Waals surface area (Å²) in [5.74, 6) is 0. The number of benzene rings is 1. The van der Waals surface area contributed by atoms with Crippen molar-refractivity contribution in [2.75, 3.05) is 38.2 Å². The number of ether oxygens (including phenoxy) is 1. The van der Waals surface area contributed by atoms with Gasteiger partial charge in [0.25, 0.3) is 0 Å². The van der Waals surface area contributed by atoms with Gasteiger partial charge in [0.05, 0.1) is 18.1 Å². The summed E-state index contributed by atoms with van der Waals surface area (Å²) in [5.41, 5.74) is 0.467. The van der Waals surface area contributed by atoms with Gasteiger partial charge in [-0.15, -0.1) is 0 Å². The first-order chi connectivity index (χ1) is 11.4. The number of hydrogen-bond acceptors (Lipinski definition) is 4. The third kappa shape index (κ3) is 4.06. The highest BCUT2D eigenvalue weighted by Gasteiger charge is 2.31. The summed E-state index contributed by atoms with van der Waals surface area (Å²) in [7, 11) is -3.61.